The molecule has 0 bridgehead atoms. The van der Waals surface area contributed by atoms with E-state index in [-0.39, 0.29) is 17.9 Å². The van der Waals surface area contributed by atoms with Crippen LogP contribution in [0.5, 0.6) is 0 Å². The molecule has 5 heteroatoms. The summed E-state index contributed by atoms with van der Waals surface area (Å²) in [6, 6.07) is 3.64. The van der Waals surface area contributed by atoms with Gasteiger partial charge in [-0.3, -0.25) is 14.5 Å². The minimum absolute atomic E-state index is 0.0448. The van der Waals surface area contributed by atoms with E-state index in [9.17, 15) is 9.59 Å². The third kappa shape index (κ3) is 2.73. The summed E-state index contributed by atoms with van der Waals surface area (Å²) in [5.41, 5.74) is 0. The fourth-order valence-electron chi connectivity index (χ4n) is 2.15. The predicted octanol–water partition coefficient (Wildman–Crippen LogP) is 1.49. The topological polar surface area (TPSA) is 49.4 Å². The van der Waals surface area contributed by atoms with Crippen molar-refractivity contribution in [1.82, 2.24) is 10.2 Å². The molecule has 0 unspecified atom stereocenters. The number of carbonyl (C=O) groups excluding carboxylic acids is 2. The van der Waals surface area contributed by atoms with E-state index < -0.39 is 0 Å². The number of nitrogens with zero attached hydrogens (tertiary/aromatic N) is 1. The first-order chi connectivity index (χ1) is 8.20. The highest BCUT2D eigenvalue weighted by Gasteiger charge is 2.29. The molecule has 17 heavy (non-hydrogen) atoms. The fraction of sp³-hybridized carbons (Fsp3) is 0.500. The van der Waals surface area contributed by atoms with Gasteiger partial charge in [-0.2, -0.15) is 0 Å². The number of hydrogen-bond donors (Lipinski definition) is 1. The molecule has 2 heterocycles. The first-order valence-electron chi connectivity index (χ1n) is 5.78. The number of thiophene rings is 1. The van der Waals surface area contributed by atoms with Crippen LogP contribution in [-0.2, 0) is 4.79 Å². The zero-order valence-corrected chi connectivity index (χ0v) is 10.6. The molecule has 0 saturated carbocycles. The monoisotopic (exact) mass is 252 g/mol. The quantitative estimate of drug-likeness (QED) is 0.867. The van der Waals surface area contributed by atoms with Crippen LogP contribution in [0, 0.1) is 0 Å². The van der Waals surface area contributed by atoms with Crippen molar-refractivity contribution in [2.24, 2.45) is 0 Å². The molecule has 1 aliphatic rings. The maximum atomic E-state index is 12.2. The smallest absolute Gasteiger partial charge is 0.270 e. The number of imide groups is 1. The lowest BCUT2D eigenvalue weighted by atomic mass is 10.0. The Labute approximate surface area is 105 Å². The van der Waals surface area contributed by atoms with Gasteiger partial charge in [-0.25, -0.2) is 0 Å². The maximum Gasteiger partial charge on any atom is 0.270 e. The molecular weight excluding hydrogens is 236 g/mol. The molecule has 1 aromatic rings. The van der Waals surface area contributed by atoms with Gasteiger partial charge in [0.05, 0.1) is 4.88 Å². The average molecular weight is 252 g/mol. The molecule has 1 fully saturated rings. The van der Waals surface area contributed by atoms with Crippen molar-refractivity contribution in [3.8, 4) is 0 Å². The van der Waals surface area contributed by atoms with Crippen molar-refractivity contribution in [3.05, 3.63) is 22.4 Å². The van der Waals surface area contributed by atoms with Crippen molar-refractivity contribution in [1.29, 1.82) is 0 Å². The van der Waals surface area contributed by atoms with Gasteiger partial charge in [0.25, 0.3) is 5.91 Å². The van der Waals surface area contributed by atoms with Crippen molar-refractivity contribution in [3.63, 3.8) is 0 Å². The Morgan fingerprint density at radius 1 is 1.41 bits per heavy atom. The predicted molar refractivity (Wildman–Crippen MR) is 67.1 cm³/mol. The van der Waals surface area contributed by atoms with Crippen LogP contribution < -0.4 is 5.32 Å². The second-order valence-electron chi connectivity index (χ2n) is 4.15. The number of carbonyl (C=O) groups is 2. The van der Waals surface area contributed by atoms with Crippen LogP contribution in [0.15, 0.2) is 17.5 Å². The van der Waals surface area contributed by atoms with E-state index in [0.717, 1.165) is 25.9 Å². The molecule has 92 valence electrons. The van der Waals surface area contributed by atoms with Gasteiger partial charge in [-0.1, -0.05) is 6.07 Å². The minimum Gasteiger partial charge on any atom is -0.317 e. The number of piperidine rings is 1. The van der Waals surface area contributed by atoms with Crippen LogP contribution in [0.2, 0.25) is 0 Å². The van der Waals surface area contributed by atoms with Crippen LogP contribution in [0.3, 0.4) is 0 Å². The Bertz CT molecular complexity index is 397. The molecule has 2 amide bonds. The molecular formula is C12H16N2O2S. The van der Waals surface area contributed by atoms with Crippen LogP contribution in [0.25, 0.3) is 0 Å². The molecule has 0 radical (unpaired) electrons. The Hall–Kier alpha value is -1.20. The molecule has 0 aromatic carbocycles. The average Bonchev–Trinajstić information content (AvgIpc) is 2.83. The summed E-state index contributed by atoms with van der Waals surface area (Å²) in [5, 5.41) is 5.09. The van der Waals surface area contributed by atoms with Crippen LogP contribution in [0.4, 0.5) is 0 Å². The molecule has 0 aliphatic carbocycles. The highest BCUT2D eigenvalue weighted by Crippen LogP contribution is 2.18. The minimum atomic E-state index is -0.157. The van der Waals surface area contributed by atoms with Gasteiger partial charge < -0.3 is 5.32 Å². The zero-order chi connectivity index (χ0) is 12.3. The highest BCUT2D eigenvalue weighted by atomic mass is 32.1. The summed E-state index contributed by atoms with van der Waals surface area (Å²) in [4.78, 5) is 26.0. The van der Waals surface area contributed by atoms with Gasteiger partial charge in [0.15, 0.2) is 0 Å². The summed E-state index contributed by atoms with van der Waals surface area (Å²) in [6.07, 6.45) is 1.69. The van der Waals surface area contributed by atoms with Gasteiger partial charge in [-0.15, -0.1) is 11.3 Å². The SMILES string of the molecule is CC(=O)N(C(=O)c1cccs1)C1CCNCC1. The van der Waals surface area contributed by atoms with Gasteiger partial charge in [0.1, 0.15) is 0 Å². The molecule has 0 spiro atoms. The Morgan fingerprint density at radius 3 is 2.65 bits per heavy atom. The van der Waals surface area contributed by atoms with Crippen molar-refractivity contribution in [2.45, 2.75) is 25.8 Å². The first kappa shape index (κ1) is 12.3. The van der Waals surface area contributed by atoms with Gasteiger partial charge in [0, 0.05) is 13.0 Å². The maximum absolute atomic E-state index is 12.2. The molecule has 2 rings (SSSR count). The summed E-state index contributed by atoms with van der Waals surface area (Å²) in [5.74, 6) is -0.310. The standard InChI is InChI=1S/C12H16N2O2S/c1-9(15)14(10-4-6-13-7-5-10)12(16)11-3-2-8-17-11/h2-3,8,10,13H,4-7H2,1H3. The Kier molecular flexibility index (Phi) is 3.91. The largest absolute Gasteiger partial charge is 0.317 e. The van der Waals surface area contributed by atoms with Crippen molar-refractivity contribution >= 4 is 23.2 Å². The lowest BCUT2D eigenvalue weighted by Crippen LogP contribution is -2.48. The third-order valence-corrected chi connectivity index (χ3v) is 3.82. The second kappa shape index (κ2) is 5.42. The zero-order valence-electron chi connectivity index (χ0n) is 9.81. The molecule has 1 aromatic heterocycles. The summed E-state index contributed by atoms with van der Waals surface area (Å²) in [7, 11) is 0. The van der Waals surface area contributed by atoms with E-state index >= 15 is 0 Å². The Morgan fingerprint density at radius 2 is 2.12 bits per heavy atom. The lowest BCUT2D eigenvalue weighted by Gasteiger charge is -2.32. The van der Waals surface area contributed by atoms with E-state index in [1.54, 1.807) is 6.07 Å². The first-order valence-corrected chi connectivity index (χ1v) is 6.66. The molecule has 0 atom stereocenters. The Balaban J connectivity index is 2.16. The van der Waals surface area contributed by atoms with E-state index in [0.29, 0.717) is 4.88 Å². The number of hydrogen-bond acceptors (Lipinski definition) is 4. The van der Waals surface area contributed by atoms with E-state index in [1.165, 1.54) is 23.2 Å². The van der Waals surface area contributed by atoms with Crippen molar-refractivity contribution < 1.29 is 9.59 Å². The van der Waals surface area contributed by atoms with Crippen LogP contribution in [-0.4, -0.2) is 35.8 Å². The normalized spacial score (nSPS) is 16.8. The van der Waals surface area contributed by atoms with E-state index in [4.69, 9.17) is 0 Å². The lowest BCUT2D eigenvalue weighted by molar-refractivity contribution is -0.128. The molecule has 1 N–H and O–H groups in total. The fourth-order valence-corrected chi connectivity index (χ4v) is 2.81. The number of rotatable bonds is 2. The number of amides is 2. The summed E-state index contributed by atoms with van der Waals surface area (Å²) in [6.45, 7) is 3.20. The van der Waals surface area contributed by atoms with Gasteiger partial charge in [0.2, 0.25) is 5.91 Å². The molecule has 1 saturated heterocycles. The van der Waals surface area contributed by atoms with E-state index in [1.807, 2.05) is 11.4 Å². The number of nitrogens with one attached hydrogen (secondary N) is 1. The van der Waals surface area contributed by atoms with E-state index in [2.05, 4.69) is 5.32 Å². The summed E-state index contributed by atoms with van der Waals surface area (Å²) < 4.78 is 0. The molecule has 4 nitrogen and oxygen atoms in total. The second-order valence-corrected chi connectivity index (χ2v) is 5.10. The van der Waals surface area contributed by atoms with Crippen molar-refractivity contribution in [2.75, 3.05) is 13.1 Å². The van der Waals surface area contributed by atoms with Crippen LogP contribution >= 0.6 is 11.3 Å². The summed E-state index contributed by atoms with van der Waals surface area (Å²) >= 11 is 1.38. The molecule has 1 aliphatic heterocycles. The van der Waals surface area contributed by atoms with Gasteiger partial charge in [-0.05, 0) is 37.4 Å². The highest BCUT2D eigenvalue weighted by molar-refractivity contribution is 7.12. The van der Waals surface area contributed by atoms with Crippen LogP contribution in [0.1, 0.15) is 29.4 Å². The van der Waals surface area contributed by atoms with Gasteiger partial charge >= 0.3 is 0 Å². The third-order valence-electron chi connectivity index (χ3n) is 2.96.